The molecule has 3 heteroatoms. The van der Waals surface area contributed by atoms with Crippen LogP contribution < -0.4 is 10.6 Å². The van der Waals surface area contributed by atoms with Gasteiger partial charge in [-0.05, 0) is 43.9 Å². The van der Waals surface area contributed by atoms with Crippen molar-refractivity contribution in [2.24, 2.45) is 5.41 Å². The second-order valence-electron chi connectivity index (χ2n) is 5.29. The van der Waals surface area contributed by atoms with Crippen molar-refractivity contribution < 1.29 is 0 Å². The highest BCUT2D eigenvalue weighted by molar-refractivity contribution is 7.11. The fourth-order valence-electron chi connectivity index (χ4n) is 2.81. The molecule has 1 aliphatic heterocycles. The number of nitrogens with one attached hydrogen (secondary N) is 2. The Hall–Kier alpha value is -0.380. The van der Waals surface area contributed by atoms with Gasteiger partial charge in [0.05, 0.1) is 0 Å². The summed E-state index contributed by atoms with van der Waals surface area (Å²) < 4.78 is 0. The summed E-state index contributed by atoms with van der Waals surface area (Å²) in [7, 11) is 0. The van der Waals surface area contributed by atoms with Gasteiger partial charge in [-0.3, -0.25) is 0 Å². The summed E-state index contributed by atoms with van der Waals surface area (Å²) in [4.78, 5) is 2.87. The number of hydrogen-bond donors (Lipinski definition) is 2. The van der Waals surface area contributed by atoms with Crippen LogP contribution in [0.25, 0.3) is 0 Å². The van der Waals surface area contributed by atoms with E-state index in [1.807, 2.05) is 11.3 Å². The first kappa shape index (κ1) is 13.1. The molecule has 2 rings (SSSR count). The Morgan fingerprint density at radius 3 is 2.94 bits per heavy atom. The number of rotatable bonds is 6. The lowest BCUT2D eigenvalue weighted by Crippen LogP contribution is -2.35. The summed E-state index contributed by atoms with van der Waals surface area (Å²) in [6.07, 6.45) is 3.97. The molecule has 1 aromatic heterocycles. The molecule has 1 saturated heterocycles. The van der Waals surface area contributed by atoms with E-state index in [-0.39, 0.29) is 0 Å². The van der Waals surface area contributed by atoms with E-state index >= 15 is 0 Å². The summed E-state index contributed by atoms with van der Waals surface area (Å²) in [5.74, 6) is 0. The molecule has 2 N–H and O–H groups in total. The van der Waals surface area contributed by atoms with Gasteiger partial charge >= 0.3 is 0 Å². The van der Waals surface area contributed by atoms with E-state index in [2.05, 4.69) is 36.6 Å². The zero-order valence-electron chi connectivity index (χ0n) is 11.0. The number of hydrogen-bond acceptors (Lipinski definition) is 3. The maximum atomic E-state index is 3.65. The monoisotopic (exact) mass is 252 g/mol. The Balaban J connectivity index is 1.79. The molecule has 2 heterocycles. The zero-order chi connectivity index (χ0) is 12.1. The fraction of sp³-hybridized carbons (Fsp3) is 0.714. The first-order valence-electron chi connectivity index (χ1n) is 6.71. The van der Waals surface area contributed by atoms with E-state index in [0.29, 0.717) is 5.41 Å². The SMILES string of the molecule is CCCC1(CNCc2ccc(C)s2)CCNC1. The highest BCUT2D eigenvalue weighted by Gasteiger charge is 2.32. The van der Waals surface area contributed by atoms with Gasteiger partial charge in [0.2, 0.25) is 0 Å². The molecule has 0 spiro atoms. The summed E-state index contributed by atoms with van der Waals surface area (Å²) in [5, 5.41) is 7.17. The predicted octanol–water partition coefficient (Wildman–Crippen LogP) is 2.93. The third-order valence-electron chi connectivity index (χ3n) is 3.71. The minimum atomic E-state index is 0.515. The Labute approximate surface area is 109 Å². The van der Waals surface area contributed by atoms with Crippen LogP contribution in [0.5, 0.6) is 0 Å². The van der Waals surface area contributed by atoms with Gasteiger partial charge in [0.15, 0.2) is 0 Å². The molecule has 1 atom stereocenters. The van der Waals surface area contributed by atoms with Crippen LogP contribution in [0.15, 0.2) is 12.1 Å². The zero-order valence-corrected chi connectivity index (χ0v) is 11.8. The van der Waals surface area contributed by atoms with Crippen LogP contribution in [0.1, 0.15) is 35.9 Å². The van der Waals surface area contributed by atoms with Crippen LogP contribution in [0, 0.1) is 12.3 Å². The van der Waals surface area contributed by atoms with Crippen LogP contribution in [0.4, 0.5) is 0 Å². The Kier molecular flexibility index (Phi) is 4.60. The molecular formula is C14H24N2S. The molecule has 0 bridgehead atoms. The van der Waals surface area contributed by atoms with Crippen molar-refractivity contribution in [1.82, 2.24) is 10.6 Å². The van der Waals surface area contributed by atoms with Crippen LogP contribution in [0.2, 0.25) is 0 Å². The van der Waals surface area contributed by atoms with Crippen molar-refractivity contribution in [1.29, 1.82) is 0 Å². The number of thiophene rings is 1. The second kappa shape index (κ2) is 5.98. The van der Waals surface area contributed by atoms with Gasteiger partial charge in [-0.25, -0.2) is 0 Å². The predicted molar refractivity (Wildman–Crippen MR) is 75.6 cm³/mol. The average Bonchev–Trinajstić information content (AvgIpc) is 2.90. The van der Waals surface area contributed by atoms with Crippen LogP contribution in [-0.4, -0.2) is 19.6 Å². The summed E-state index contributed by atoms with van der Waals surface area (Å²) in [6, 6.07) is 4.45. The largest absolute Gasteiger partial charge is 0.316 e. The van der Waals surface area contributed by atoms with E-state index in [1.54, 1.807) is 0 Å². The molecule has 1 aliphatic rings. The van der Waals surface area contributed by atoms with Gasteiger partial charge in [-0.15, -0.1) is 11.3 Å². The lowest BCUT2D eigenvalue weighted by atomic mass is 9.82. The summed E-state index contributed by atoms with van der Waals surface area (Å²) >= 11 is 1.90. The molecule has 0 aromatic carbocycles. The van der Waals surface area contributed by atoms with E-state index in [0.717, 1.165) is 13.1 Å². The van der Waals surface area contributed by atoms with E-state index in [4.69, 9.17) is 0 Å². The maximum Gasteiger partial charge on any atom is 0.0300 e. The summed E-state index contributed by atoms with van der Waals surface area (Å²) in [5.41, 5.74) is 0.515. The minimum Gasteiger partial charge on any atom is -0.316 e. The molecule has 96 valence electrons. The van der Waals surface area contributed by atoms with Crippen molar-refractivity contribution in [2.45, 2.75) is 39.7 Å². The molecule has 17 heavy (non-hydrogen) atoms. The van der Waals surface area contributed by atoms with E-state index in [9.17, 15) is 0 Å². The Bertz CT molecular complexity index is 340. The molecule has 1 aromatic rings. The van der Waals surface area contributed by atoms with Gasteiger partial charge in [-0.1, -0.05) is 13.3 Å². The third-order valence-corrected chi connectivity index (χ3v) is 4.71. The second-order valence-corrected chi connectivity index (χ2v) is 6.67. The molecule has 2 nitrogen and oxygen atoms in total. The van der Waals surface area contributed by atoms with Gasteiger partial charge < -0.3 is 10.6 Å². The molecule has 1 unspecified atom stereocenters. The quantitative estimate of drug-likeness (QED) is 0.813. The van der Waals surface area contributed by atoms with Crippen LogP contribution in [0.3, 0.4) is 0 Å². The van der Waals surface area contributed by atoms with Crippen molar-refractivity contribution in [3.63, 3.8) is 0 Å². The minimum absolute atomic E-state index is 0.515. The average molecular weight is 252 g/mol. The number of aryl methyl sites for hydroxylation is 1. The van der Waals surface area contributed by atoms with E-state index in [1.165, 1.54) is 42.1 Å². The fourth-order valence-corrected chi connectivity index (χ4v) is 3.67. The molecular weight excluding hydrogens is 228 g/mol. The van der Waals surface area contributed by atoms with Gasteiger partial charge in [0.1, 0.15) is 0 Å². The summed E-state index contributed by atoms with van der Waals surface area (Å²) in [6.45, 7) is 9.04. The highest BCUT2D eigenvalue weighted by Crippen LogP contribution is 2.30. The van der Waals surface area contributed by atoms with Crippen LogP contribution in [-0.2, 0) is 6.54 Å². The first-order valence-corrected chi connectivity index (χ1v) is 7.52. The maximum absolute atomic E-state index is 3.65. The van der Waals surface area contributed by atoms with Gasteiger partial charge in [0.25, 0.3) is 0 Å². The first-order chi connectivity index (χ1) is 8.24. The third kappa shape index (κ3) is 3.54. The van der Waals surface area contributed by atoms with Crippen molar-refractivity contribution in [2.75, 3.05) is 19.6 Å². The normalized spacial score (nSPS) is 24.4. The van der Waals surface area contributed by atoms with Crippen molar-refractivity contribution in [3.8, 4) is 0 Å². The lowest BCUT2D eigenvalue weighted by molar-refractivity contribution is 0.276. The lowest BCUT2D eigenvalue weighted by Gasteiger charge is -2.28. The van der Waals surface area contributed by atoms with Crippen LogP contribution >= 0.6 is 11.3 Å². The topological polar surface area (TPSA) is 24.1 Å². The highest BCUT2D eigenvalue weighted by atomic mass is 32.1. The molecule has 1 fully saturated rings. The van der Waals surface area contributed by atoms with E-state index < -0.39 is 0 Å². The molecule has 0 radical (unpaired) electrons. The Morgan fingerprint density at radius 1 is 1.47 bits per heavy atom. The van der Waals surface area contributed by atoms with Crippen molar-refractivity contribution >= 4 is 11.3 Å². The Morgan fingerprint density at radius 2 is 2.35 bits per heavy atom. The van der Waals surface area contributed by atoms with Gasteiger partial charge in [-0.2, -0.15) is 0 Å². The molecule has 0 amide bonds. The smallest absolute Gasteiger partial charge is 0.0300 e. The molecule has 0 saturated carbocycles. The van der Waals surface area contributed by atoms with Gasteiger partial charge in [0, 0.05) is 29.4 Å². The van der Waals surface area contributed by atoms with Crippen molar-refractivity contribution in [3.05, 3.63) is 21.9 Å². The standard InChI is InChI=1S/C14H24N2S/c1-3-6-14(7-8-15-10-14)11-16-9-13-5-4-12(2)17-13/h4-5,15-16H,3,6-11H2,1-2H3. The molecule has 0 aliphatic carbocycles.